The van der Waals surface area contributed by atoms with E-state index in [0.717, 1.165) is 32.4 Å². The fourth-order valence-corrected chi connectivity index (χ4v) is 3.19. The topological polar surface area (TPSA) is 61.4 Å². The molecule has 1 aliphatic rings. The van der Waals surface area contributed by atoms with Crippen LogP contribution in [-0.4, -0.2) is 45.9 Å². The molecule has 1 aliphatic heterocycles. The lowest BCUT2D eigenvalue weighted by Crippen LogP contribution is -2.46. The summed E-state index contributed by atoms with van der Waals surface area (Å²) in [6, 6.07) is 0. The summed E-state index contributed by atoms with van der Waals surface area (Å²) in [4.78, 5) is 0. The van der Waals surface area contributed by atoms with Crippen molar-refractivity contribution in [3.8, 4) is 0 Å². The van der Waals surface area contributed by atoms with Crippen LogP contribution in [0, 0.1) is 5.41 Å². The molecule has 0 amide bonds. The van der Waals surface area contributed by atoms with Crippen LogP contribution in [-0.2, 0) is 10.2 Å². The Morgan fingerprint density at radius 1 is 1.33 bits per heavy atom. The van der Waals surface area contributed by atoms with Gasteiger partial charge in [0, 0.05) is 20.1 Å². The lowest BCUT2D eigenvalue weighted by atomic mass is 9.81. The van der Waals surface area contributed by atoms with Gasteiger partial charge in [-0.3, -0.25) is 0 Å². The van der Waals surface area contributed by atoms with Gasteiger partial charge in [-0.1, -0.05) is 13.8 Å². The molecule has 0 spiro atoms. The van der Waals surface area contributed by atoms with Crippen molar-refractivity contribution in [3.05, 3.63) is 0 Å². The van der Waals surface area contributed by atoms with Crippen molar-refractivity contribution in [2.45, 2.75) is 33.1 Å². The fraction of sp³-hybridized carbons (Fsp3) is 1.00. The first-order valence-electron chi connectivity index (χ1n) is 6.31. The molecule has 2 N–H and O–H groups in total. The lowest BCUT2D eigenvalue weighted by Gasteiger charge is -2.34. The van der Waals surface area contributed by atoms with E-state index < -0.39 is 10.2 Å². The van der Waals surface area contributed by atoms with Crippen LogP contribution in [0.25, 0.3) is 0 Å². The Morgan fingerprint density at radius 2 is 1.89 bits per heavy atom. The molecule has 0 radical (unpaired) electrons. The first kappa shape index (κ1) is 18.1. The zero-order valence-corrected chi connectivity index (χ0v) is 13.2. The molecule has 0 bridgehead atoms. The summed E-state index contributed by atoms with van der Waals surface area (Å²) in [6.45, 7) is 7.17. The van der Waals surface area contributed by atoms with Gasteiger partial charge in [0.15, 0.2) is 0 Å². The highest BCUT2D eigenvalue weighted by Gasteiger charge is 2.29. The van der Waals surface area contributed by atoms with Crippen LogP contribution < -0.4 is 10.0 Å². The zero-order chi connectivity index (χ0) is 12.9. The molecule has 1 saturated heterocycles. The Labute approximate surface area is 117 Å². The third-order valence-corrected chi connectivity index (χ3v) is 4.95. The quantitative estimate of drug-likeness (QED) is 0.768. The molecule has 0 aromatic carbocycles. The summed E-state index contributed by atoms with van der Waals surface area (Å²) in [5.41, 5.74) is 0.0887. The molecule has 0 aliphatic carbocycles. The third kappa shape index (κ3) is 5.40. The number of nitrogens with zero attached hydrogens (tertiary/aromatic N) is 1. The van der Waals surface area contributed by atoms with Gasteiger partial charge in [-0.2, -0.15) is 12.7 Å². The van der Waals surface area contributed by atoms with E-state index in [9.17, 15) is 8.42 Å². The predicted octanol–water partition coefficient (Wildman–Crippen LogP) is 0.974. The average Bonchev–Trinajstić information content (AvgIpc) is 2.28. The van der Waals surface area contributed by atoms with E-state index in [2.05, 4.69) is 17.0 Å². The van der Waals surface area contributed by atoms with Crippen molar-refractivity contribution >= 4 is 22.6 Å². The summed E-state index contributed by atoms with van der Waals surface area (Å²) in [5.74, 6) is 0. The van der Waals surface area contributed by atoms with Crippen LogP contribution >= 0.6 is 12.4 Å². The van der Waals surface area contributed by atoms with Gasteiger partial charge in [-0.05, 0) is 37.8 Å². The lowest BCUT2D eigenvalue weighted by molar-refractivity contribution is 0.230. The molecule has 1 rings (SSSR count). The van der Waals surface area contributed by atoms with E-state index in [1.54, 1.807) is 7.05 Å². The third-order valence-electron chi connectivity index (χ3n) is 3.44. The predicted molar refractivity (Wildman–Crippen MR) is 77.3 cm³/mol. The molecule has 7 heteroatoms. The number of nitrogens with one attached hydrogen (secondary N) is 2. The normalized spacial score (nSPS) is 19.6. The molecule has 1 heterocycles. The zero-order valence-electron chi connectivity index (χ0n) is 11.5. The summed E-state index contributed by atoms with van der Waals surface area (Å²) in [5, 5.41) is 3.29. The Balaban J connectivity index is 0.00000289. The van der Waals surface area contributed by atoms with Gasteiger partial charge in [-0.25, -0.2) is 4.72 Å². The van der Waals surface area contributed by atoms with Gasteiger partial charge in [0.1, 0.15) is 0 Å². The molecule has 0 unspecified atom stereocenters. The Hall–Kier alpha value is 0.120. The molecule has 1 fully saturated rings. The standard InChI is InChI=1S/C11H25N3O2S.ClH/c1-4-9-14(3)17(15,16)13-10-11(2)5-7-12-8-6-11;/h12-13H,4-10H2,1-3H3;1H. The Kier molecular flexibility index (Phi) is 7.70. The van der Waals surface area contributed by atoms with Crippen molar-refractivity contribution in [2.75, 3.05) is 33.2 Å². The average molecular weight is 300 g/mol. The maximum absolute atomic E-state index is 11.9. The SMILES string of the molecule is CCCN(C)S(=O)(=O)NCC1(C)CCNCC1.Cl. The molecular formula is C11H26ClN3O2S. The van der Waals surface area contributed by atoms with Crippen LogP contribution in [0.3, 0.4) is 0 Å². The molecule has 110 valence electrons. The minimum absolute atomic E-state index is 0. The fourth-order valence-electron chi connectivity index (χ4n) is 2.02. The first-order valence-corrected chi connectivity index (χ1v) is 7.75. The van der Waals surface area contributed by atoms with Crippen molar-refractivity contribution in [2.24, 2.45) is 5.41 Å². The summed E-state index contributed by atoms with van der Waals surface area (Å²) in [7, 11) is -1.68. The number of hydrogen-bond acceptors (Lipinski definition) is 3. The molecule has 0 aromatic heterocycles. The molecule has 18 heavy (non-hydrogen) atoms. The molecule has 0 saturated carbocycles. The second-order valence-electron chi connectivity index (χ2n) is 5.21. The van der Waals surface area contributed by atoms with E-state index in [-0.39, 0.29) is 17.8 Å². The van der Waals surface area contributed by atoms with Crippen LogP contribution in [0.2, 0.25) is 0 Å². The van der Waals surface area contributed by atoms with E-state index in [4.69, 9.17) is 0 Å². The highest BCUT2D eigenvalue weighted by molar-refractivity contribution is 7.87. The van der Waals surface area contributed by atoms with Crippen LogP contribution in [0.4, 0.5) is 0 Å². The summed E-state index contributed by atoms with van der Waals surface area (Å²) >= 11 is 0. The number of piperidine rings is 1. The van der Waals surface area contributed by atoms with Gasteiger partial charge < -0.3 is 5.32 Å². The van der Waals surface area contributed by atoms with E-state index in [1.165, 1.54) is 4.31 Å². The number of hydrogen-bond donors (Lipinski definition) is 2. The van der Waals surface area contributed by atoms with Crippen LogP contribution in [0.15, 0.2) is 0 Å². The smallest absolute Gasteiger partial charge is 0.279 e. The van der Waals surface area contributed by atoms with Gasteiger partial charge in [0.05, 0.1) is 0 Å². The summed E-state index contributed by atoms with van der Waals surface area (Å²) < 4.78 is 27.9. The Morgan fingerprint density at radius 3 is 2.39 bits per heavy atom. The van der Waals surface area contributed by atoms with Gasteiger partial charge in [0.25, 0.3) is 10.2 Å². The van der Waals surface area contributed by atoms with Crippen molar-refractivity contribution in [1.29, 1.82) is 0 Å². The number of halogens is 1. The van der Waals surface area contributed by atoms with Crippen molar-refractivity contribution in [1.82, 2.24) is 14.3 Å². The largest absolute Gasteiger partial charge is 0.317 e. The maximum Gasteiger partial charge on any atom is 0.279 e. The van der Waals surface area contributed by atoms with E-state index in [1.807, 2.05) is 6.92 Å². The minimum Gasteiger partial charge on any atom is -0.317 e. The van der Waals surface area contributed by atoms with Gasteiger partial charge >= 0.3 is 0 Å². The Bertz CT molecular complexity index is 329. The van der Waals surface area contributed by atoms with Crippen molar-refractivity contribution in [3.63, 3.8) is 0 Å². The first-order chi connectivity index (χ1) is 7.90. The van der Waals surface area contributed by atoms with E-state index >= 15 is 0 Å². The van der Waals surface area contributed by atoms with Crippen molar-refractivity contribution < 1.29 is 8.42 Å². The number of rotatable bonds is 6. The summed E-state index contributed by atoms with van der Waals surface area (Å²) in [6.07, 6.45) is 2.87. The van der Waals surface area contributed by atoms with Crippen LogP contribution in [0.5, 0.6) is 0 Å². The van der Waals surface area contributed by atoms with Gasteiger partial charge in [0.2, 0.25) is 0 Å². The molecular weight excluding hydrogens is 274 g/mol. The maximum atomic E-state index is 11.9. The second kappa shape index (κ2) is 7.65. The highest BCUT2D eigenvalue weighted by Crippen LogP contribution is 2.26. The monoisotopic (exact) mass is 299 g/mol. The molecule has 5 nitrogen and oxygen atoms in total. The van der Waals surface area contributed by atoms with E-state index in [0.29, 0.717) is 13.1 Å². The van der Waals surface area contributed by atoms with Crippen LogP contribution in [0.1, 0.15) is 33.1 Å². The molecule has 0 atom stereocenters. The highest BCUT2D eigenvalue weighted by atomic mass is 35.5. The second-order valence-corrected chi connectivity index (χ2v) is 7.07. The molecule has 0 aromatic rings. The van der Waals surface area contributed by atoms with Gasteiger partial charge in [-0.15, -0.1) is 12.4 Å². The minimum atomic E-state index is -3.30.